The van der Waals surface area contributed by atoms with Gasteiger partial charge in [0.05, 0.1) is 0 Å². The van der Waals surface area contributed by atoms with E-state index in [0.717, 1.165) is 0 Å². The molecule has 2 radical (unpaired) electrons. The molecule has 0 saturated heterocycles. The van der Waals surface area contributed by atoms with Crippen LogP contribution in [0.5, 0.6) is 0 Å². The molecule has 0 aliphatic heterocycles. The molecule has 0 rings (SSSR count). The third-order valence-corrected chi connectivity index (χ3v) is 11.0. The minimum absolute atomic E-state index is 0.0736. The summed E-state index contributed by atoms with van der Waals surface area (Å²) in [6, 6.07) is 0. The second-order valence-electron chi connectivity index (χ2n) is 14.0. The number of unbranched alkanes of at least 4 members (excludes halogenated alkanes) is 16. The molecule has 0 unspecified atom stereocenters. The molecule has 0 nitrogen and oxygen atoms in total. The zero-order valence-corrected chi connectivity index (χ0v) is 31.3. The van der Waals surface area contributed by atoms with Crippen molar-refractivity contribution in [2.45, 2.75) is 219 Å². The maximum atomic E-state index is 2.32. The summed E-state index contributed by atoms with van der Waals surface area (Å²) in [6.07, 6.45) is 31.8. The average Bonchev–Trinajstić information content (AvgIpc) is 2.82. The monoisotopic (exact) mass is 631 g/mol. The molecule has 0 aromatic heterocycles. The van der Waals surface area contributed by atoms with E-state index in [2.05, 4.69) is 69.2 Å². The van der Waals surface area contributed by atoms with Crippen molar-refractivity contribution in [2.75, 3.05) is 0 Å². The predicted molar refractivity (Wildman–Crippen MR) is 179 cm³/mol. The van der Waals surface area contributed by atoms with E-state index in [1.807, 2.05) is 0 Å². The van der Waals surface area contributed by atoms with Crippen molar-refractivity contribution in [3.63, 3.8) is 0 Å². The van der Waals surface area contributed by atoms with Gasteiger partial charge in [0, 0.05) is 0 Å². The van der Waals surface area contributed by atoms with E-state index >= 15 is 0 Å². The topological polar surface area (TPSA) is 0 Å². The number of hydrogen-bond acceptors (Lipinski definition) is 0. The average molecular weight is 630 g/mol. The van der Waals surface area contributed by atoms with Crippen LogP contribution in [0.4, 0.5) is 0 Å². The van der Waals surface area contributed by atoms with Crippen LogP contribution in [0.25, 0.3) is 0 Å². The molecule has 226 valence electrons. The molecule has 0 aliphatic rings. The van der Waals surface area contributed by atoms with E-state index in [1.54, 1.807) is 21.7 Å². The van der Waals surface area contributed by atoms with Crippen LogP contribution in [0.15, 0.2) is 0 Å². The van der Waals surface area contributed by atoms with Gasteiger partial charge in [-0.15, -0.1) is 0 Å². The Balaban J connectivity index is -0.000000499. The quantitative estimate of drug-likeness (QED) is 0.0826. The summed E-state index contributed by atoms with van der Waals surface area (Å²) in [4.78, 5) is 0. The van der Waals surface area contributed by atoms with E-state index in [0.29, 0.717) is 10.8 Å². The number of rotatable bonds is 22. The van der Waals surface area contributed by atoms with Gasteiger partial charge >= 0.3 is 121 Å². The molecule has 0 aliphatic carbocycles. The Bertz CT molecular complexity index is 337. The summed E-state index contributed by atoms with van der Waals surface area (Å²) in [5.74, 6) is 0. The maximum absolute atomic E-state index is 2.32. The Morgan fingerprint density at radius 1 is 0.324 bits per heavy atom. The minimum atomic E-state index is 0.0736. The van der Waals surface area contributed by atoms with Gasteiger partial charge in [0.15, 0.2) is 0 Å². The molecule has 0 heterocycles. The van der Waals surface area contributed by atoms with E-state index in [-0.39, 0.29) is 21.1 Å². The van der Waals surface area contributed by atoms with E-state index in [1.165, 1.54) is 128 Å². The first-order valence-corrected chi connectivity index (χ1v) is 21.3. The van der Waals surface area contributed by atoms with Crippen molar-refractivity contribution in [2.24, 2.45) is 10.8 Å². The van der Waals surface area contributed by atoms with Gasteiger partial charge in [0.1, 0.15) is 0 Å². The van der Waals surface area contributed by atoms with Crippen molar-refractivity contribution in [1.29, 1.82) is 0 Å². The fraction of sp³-hybridized carbons (Fsp3) is 1.00. The van der Waals surface area contributed by atoms with Gasteiger partial charge in [-0.05, 0) is 23.7 Å². The first-order chi connectivity index (χ1) is 17.5. The molecule has 0 amide bonds. The second-order valence-corrected chi connectivity index (χ2v) is 18.3. The molecule has 0 bridgehead atoms. The van der Waals surface area contributed by atoms with Gasteiger partial charge in [-0.3, -0.25) is 0 Å². The van der Waals surface area contributed by atoms with Gasteiger partial charge in [0.2, 0.25) is 0 Å². The Morgan fingerprint density at radius 2 is 0.568 bits per heavy atom. The summed E-state index contributed by atoms with van der Waals surface area (Å²) in [7, 11) is 0. The van der Waals surface area contributed by atoms with Crippen molar-refractivity contribution in [1.82, 2.24) is 0 Å². The molecule has 0 atom stereocenters. The van der Waals surface area contributed by atoms with E-state index < -0.39 is 0 Å². The Morgan fingerprint density at radius 3 is 0.838 bits per heavy atom. The van der Waals surface area contributed by atoms with Crippen molar-refractivity contribution < 1.29 is 0 Å². The van der Waals surface area contributed by atoms with Crippen molar-refractivity contribution >= 4 is 21.1 Å². The van der Waals surface area contributed by atoms with Crippen molar-refractivity contribution in [3.8, 4) is 0 Å². The molecule has 0 saturated carbocycles. The van der Waals surface area contributed by atoms with Gasteiger partial charge in [0.25, 0.3) is 0 Å². The summed E-state index contributed by atoms with van der Waals surface area (Å²) < 4.78 is 3.31. The molecular formula is C36H78Sn. The molecule has 0 aromatic carbocycles. The molecule has 0 N–H and O–H groups in total. The standard InChI is InChI=1S/2C10H22.2C8H17.Sn/c2*1-5-6-7-8-9-10(2,3)4;2*1-3-5-7-8-6-4-2;/h2*5-9H2,1-4H3;2*1,3-8H2,2H3;. The third-order valence-electron chi connectivity index (χ3n) is 6.97. The summed E-state index contributed by atoms with van der Waals surface area (Å²) in [5, 5.41) is 0. The molecule has 37 heavy (non-hydrogen) atoms. The Hall–Kier alpha value is 0.799. The predicted octanol–water partition coefficient (Wildman–Crippen LogP) is 14.3. The molecule has 0 fully saturated rings. The molecule has 1 heteroatoms. The summed E-state index contributed by atoms with van der Waals surface area (Å²) in [6.45, 7) is 23.0. The molecule has 0 aromatic rings. The Labute approximate surface area is 250 Å². The van der Waals surface area contributed by atoms with Gasteiger partial charge in [-0.2, -0.15) is 0 Å². The van der Waals surface area contributed by atoms with Crippen LogP contribution in [0.1, 0.15) is 210 Å². The summed E-state index contributed by atoms with van der Waals surface area (Å²) >= 11 is 0.0736. The van der Waals surface area contributed by atoms with Gasteiger partial charge in [-0.25, -0.2) is 0 Å². The fourth-order valence-electron chi connectivity index (χ4n) is 4.35. The van der Waals surface area contributed by atoms with Crippen LogP contribution in [0, 0.1) is 10.8 Å². The second kappa shape index (κ2) is 33.0. The van der Waals surface area contributed by atoms with Crippen LogP contribution in [0.2, 0.25) is 8.87 Å². The van der Waals surface area contributed by atoms with Gasteiger partial charge < -0.3 is 0 Å². The van der Waals surface area contributed by atoms with Crippen LogP contribution >= 0.6 is 0 Å². The zero-order valence-electron chi connectivity index (χ0n) is 28.5. The first kappa shape index (κ1) is 42.3. The van der Waals surface area contributed by atoms with Crippen LogP contribution < -0.4 is 0 Å². The van der Waals surface area contributed by atoms with Crippen molar-refractivity contribution in [3.05, 3.63) is 0 Å². The van der Waals surface area contributed by atoms with E-state index in [9.17, 15) is 0 Å². The fourth-order valence-corrected chi connectivity index (χ4v) is 7.92. The number of hydrogen-bond donors (Lipinski definition) is 0. The van der Waals surface area contributed by atoms with E-state index in [4.69, 9.17) is 0 Å². The summed E-state index contributed by atoms with van der Waals surface area (Å²) in [5.41, 5.74) is 1.10. The molecule has 0 spiro atoms. The SMILES string of the molecule is CCCCCCC(C)(C)C.CCCCCCC(C)(C)C.CCCCCCC[CH2][Sn][CH2]CCCCCCC. The zero-order chi connectivity index (χ0) is 28.7. The molecular weight excluding hydrogens is 551 g/mol. The third kappa shape index (κ3) is 53.7. The van der Waals surface area contributed by atoms with Gasteiger partial charge in [-0.1, -0.05) is 107 Å². The van der Waals surface area contributed by atoms with Crippen LogP contribution in [-0.2, 0) is 0 Å². The van der Waals surface area contributed by atoms with Crippen LogP contribution in [-0.4, -0.2) is 21.1 Å². The van der Waals surface area contributed by atoms with Crippen LogP contribution in [0.3, 0.4) is 0 Å². The normalized spacial score (nSPS) is 11.5. The first-order valence-electron chi connectivity index (χ1n) is 17.2. The Kier molecular flexibility index (Phi) is 37.7.